The average molecular weight is 403 g/mol. The van der Waals surface area contributed by atoms with Crippen LogP contribution in [0.2, 0.25) is 0 Å². The minimum absolute atomic E-state index is 0.0162. The first-order chi connectivity index (χ1) is 14.5. The van der Waals surface area contributed by atoms with Crippen LogP contribution >= 0.6 is 0 Å². The van der Waals surface area contributed by atoms with Gasteiger partial charge in [0.05, 0.1) is 12.0 Å². The molecule has 1 aliphatic rings. The van der Waals surface area contributed by atoms with Crippen molar-refractivity contribution in [1.29, 1.82) is 0 Å². The highest BCUT2D eigenvalue weighted by Gasteiger charge is 2.37. The molecular weight excluding hydrogens is 378 g/mol. The van der Waals surface area contributed by atoms with E-state index in [4.69, 9.17) is 0 Å². The van der Waals surface area contributed by atoms with E-state index < -0.39 is 0 Å². The third kappa shape index (κ3) is 4.01. The van der Waals surface area contributed by atoms with Gasteiger partial charge in [-0.2, -0.15) is 0 Å². The molecule has 1 aromatic carbocycles. The van der Waals surface area contributed by atoms with Gasteiger partial charge in [-0.3, -0.25) is 9.59 Å². The number of rotatable bonds is 5. The highest BCUT2D eigenvalue weighted by Crippen LogP contribution is 2.39. The zero-order valence-corrected chi connectivity index (χ0v) is 17.2. The van der Waals surface area contributed by atoms with E-state index in [1.165, 1.54) is 5.56 Å². The Hall–Kier alpha value is -3.35. The molecule has 7 heteroatoms. The Morgan fingerprint density at radius 3 is 2.53 bits per heavy atom. The molecule has 0 saturated heterocycles. The highest BCUT2D eigenvalue weighted by atomic mass is 16.2. The van der Waals surface area contributed by atoms with Crippen molar-refractivity contribution in [1.82, 2.24) is 25.3 Å². The van der Waals surface area contributed by atoms with Crippen molar-refractivity contribution in [2.24, 2.45) is 0 Å². The van der Waals surface area contributed by atoms with Crippen molar-refractivity contribution in [3.8, 4) is 11.6 Å². The number of benzene rings is 1. The lowest BCUT2D eigenvalue weighted by molar-refractivity contribution is -0.122. The van der Waals surface area contributed by atoms with Gasteiger partial charge in [-0.1, -0.05) is 42.7 Å². The van der Waals surface area contributed by atoms with Gasteiger partial charge >= 0.3 is 0 Å². The lowest BCUT2D eigenvalue weighted by atomic mass is 9.87. The Morgan fingerprint density at radius 2 is 1.87 bits per heavy atom. The fourth-order valence-electron chi connectivity index (χ4n) is 4.22. The van der Waals surface area contributed by atoms with E-state index in [-0.39, 0.29) is 23.4 Å². The number of hydrogen-bond donors (Lipinski definition) is 2. The number of nitrogens with one attached hydrogen (secondary N) is 2. The summed E-state index contributed by atoms with van der Waals surface area (Å²) in [6.07, 6.45) is 7.11. The van der Waals surface area contributed by atoms with Crippen molar-refractivity contribution in [3.63, 3.8) is 0 Å². The summed E-state index contributed by atoms with van der Waals surface area (Å²) in [7, 11) is 0. The maximum atomic E-state index is 13.0. The van der Waals surface area contributed by atoms with E-state index in [0.29, 0.717) is 22.9 Å². The second-order valence-corrected chi connectivity index (χ2v) is 7.93. The van der Waals surface area contributed by atoms with Crippen LogP contribution in [0.3, 0.4) is 0 Å². The lowest BCUT2D eigenvalue weighted by Gasteiger charge is -2.31. The number of H-pyrrole nitrogens is 1. The van der Waals surface area contributed by atoms with Gasteiger partial charge in [0.15, 0.2) is 11.6 Å². The predicted octanol–water partition coefficient (Wildman–Crippen LogP) is 2.97. The zero-order chi connectivity index (χ0) is 21.1. The van der Waals surface area contributed by atoms with Crippen LogP contribution in [-0.2, 0) is 16.8 Å². The van der Waals surface area contributed by atoms with Gasteiger partial charge in [0, 0.05) is 23.7 Å². The van der Waals surface area contributed by atoms with E-state index in [1.54, 1.807) is 25.4 Å². The topological polar surface area (TPSA) is 101 Å². The SMILES string of the molecule is Cc1cccc(C2(NC(=O)Cc3c(C)nc(-c4ncccn4)[nH]c3=O)CCCC2)c1. The Kier molecular flexibility index (Phi) is 5.44. The molecule has 1 fully saturated rings. The normalized spacial score (nSPS) is 15.1. The van der Waals surface area contributed by atoms with Gasteiger partial charge in [-0.25, -0.2) is 15.0 Å². The van der Waals surface area contributed by atoms with Crippen molar-refractivity contribution in [2.45, 2.75) is 51.5 Å². The van der Waals surface area contributed by atoms with Crippen LogP contribution in [0.15, 0.2) is 47.5 Å². The summed E-state index contributed by atoms with van der Waals surface area (Å²) in [6, 6.07) is 9.99. The molecule has 154 valence electrons. The number of aromatic amines is 1. The minimum Gasteiger partial charge on any atom is -0.346 e. The molecule has 0 spiro atoms. The van der Waals surface area contributed by atoms with Gasteiger partial charge in [0.25, 0.3) is 5.56 Å². The van der Waals surface area contributed by atoms with Crippen molar-refractivity contribution in [2.75, 3.05) is 0 Å². The molecule has 3 aromatic rings. The molecule has 2 N–H and O–H groups in total. The van der Waals surface area contributed by atoms with Crippen molar-refractivity contribution in [3.05, 3.63) is 75.5 Å². The summed E-state index contributed by atoms with van der Waals surface area (Å²) in [5.74, 6) is 0.477. The van der Waals surface area contributed by atoms with Crippen LogP contribution < -0.4 is 10.9 Å². The highest BCUT2D eigenvalue weighted by molar-refractivity contribution is 5.80. The fraction of sp³-hybridized carbons (Fsp3) is 0.348. The first-order valence-electron chi connectivity index (χ1n) is 10.2. The Labute approximate surface area is 175 Å². The van der Waals surface area contributed by atoms with Gasteiger partial charge in [0.2, 0.25) is 5.91 Å². The number of aromatic nitrogens is 4. The fourth-order valence-corrected chi connectivity index (χ4v) is 4.22. The summed E-state index contributed by atoms with van der Waals surface area (Å²) >= 11 is 0. The van der Waals surface area contributed by atoms with Crippen molar-refractivity contribution >= 4 is 5.91 Å². The van der Waals surface area contributed by atoms with E-state index in [9.17, 15) is 9.59 Å². The number of carbonyl (C=O) groups is 1. The van der Waals surface area contributed by atoms with Gasteiger partial charge < -0.3 is 10.3 Å². The standard InChI is InChI=1S/C23H25N5O2/c1-15-7-5-8-17(13-15)23(9-3-4-10-23)28-19(29)14-18-16(2)26-21(27-22(18)30)20-24-11-6-12-25-20/h5-8,11-13H,3-4,9-10,14H2,1-2H3,(H,28,29)(H,26,27,30). The maximum Gasteiger partial charge on any atom is 0.255 e. The quantitative estimate of drug-likeness (QED) is 0.682. The van der Waals surface area contributed by atoms with E-state index in [1.807, 2.05) is 6.07 Å². The second kappa shape index (κ2) is 8.18. The predicted molar refractivity (Wildman–Crippen MR) is 114 cm³/mol. The summed E-state index contributed by atoms with van der Waals surface area (Å²) in [5, 5.41) is 3.24. The zero-order valence-electron chi connectivity index (χ0n) is 17.2. The molecule has 0 radical (unpaired) electrons. The Balaban J connectivity index is 1.57. The Morgan fingerprint density at radius 1 is 1.13 bits per heavy atom. The molecule has 0 bridgehead atoms. The minimum atomic E-state index is -0.366. The van der Waals surface area contributed by atoms with Crippen LogP contribution in [0.4, 0.5) is 0 Å². The van der Waals surface area contributed by atoms with Crippen LogP contribution in [0.1, 0.15) is 48.1 Å². The van der Waals surface area contributed by atoms with Gasteiger partial charge in [-0.15, -0.1) is 0 Å². The monoisotopic (exact) mass is 403 g/mol. The molecule has 2 aromatic heterocycles. The van der Waals surface area contributed by atoms with E-state index in [2.05, 4.69) is 50.4 Å². The lowest BCUT2D eigenvalue weighted by Crippen LogP contribution is -2.45. The molecule has 4 rings (SSSR count). The molecule has 0 atom stereocenters. The third-order valence-corrected chi connectivity index (χ3v) is 5.74. The molecular formula is C23H25N5O2. The molecule has 1 amide bonds. The Bertz CT molecular complexity index is 1120. The third-order valence-electron chi connectivity index (χ3n) is 5.74. The van der Waals surface area contributed by atoms with Gasteiger partial charge in [-0.05, 0) is 38.3 Å². The number of amides is 1. The number of nitrogens with zero attached hydrogens (tertiary/aromatic N) is 3. The number of hydrogen-bond acceptors (Lipinski definition) is 5. The van der Waals surface area contributed by atoms with E-state index >= 15 is 0 Å². The van der Waals surface area contributed by atoms with Crippen LogP contribution in [0.25, 0.3) is 11.6 Å². The molecule has 1 aliphatic carbocycles. The van der Waals surface area contributed by atoms with E-state index in [0.717, 1.165) is 31.2 Å². The van der Waals surface area contributed by atoms with Crippen LogP contribution in [-0.4, -0.2) is 25.8 Å². The summed E-state index contributed by atoms with van der Waals surface area (Å²) in [4.78, 5) is 41.0. The first-order valence-corrected chi connectivity index (χ1v) is 10.2. The number of aryl methyl sites for hydroxylation is 2. The molecule has 2 heterocycles. The summed E-state index contributed by atoms with van der Waals surface area (Å²) < 4.78 is 0. The molecule has 0 aliphatic heterocycles. The second-order valence-electron chi connectivity index (χ2n) is 7.93. The molecule has 1 saturated carbocycles. The summed E-state index contributed by atoms with van der Waals surface area (Å²) in [6.45, 7) is 3.79. The molecule has 7 nitrogen and oxygen atoms in total. The summed E-state index contributed by atoms with van der Waals surface area (Å²) in [5.41, 5.74) is 2.47. The molecule has 0 unspecified atom stereocenters. The van der Waals surface area contributed by atoms with Crippen LogP contribution in [0, 0.1) is 13.8 Å². The first kappa shape index (κ1) is 19.9. The van der Waals surface area contributed by atoms with Crippen molar-refractivity contribution < 1.29 is 4.79 Å². The number of carbonyl (C=O) groups excluding carboxylic acids is 1. The molecule has 30 heavy (non-hydrogen) atoms. The average Bonchev–Trinajstić information content (AvgIpc) is 3.21. The van der Waals surface area contributed by atoms with Crippen LogP contribution in [0.5, 0.6) is 0 Å². The smallest absolute Gasteiger partial charge is 0.255 e. The largest absolute Gasteiger partial charge is 0.346 e. The van der Waals surface area contributed by atoms with Gasteiger partial charge in [0.1, 0.15) is 0 Å². The maximum absolute atomic E-state index is 13.0.